The summed E-state index contributed by atoms with van der Waals surface area (Å²) in [5.41, 5.74) is -0.332. The zero-order chi connectivity index (χ0) is 16.5. The van der Waals surface area contributed by atoms with E-state index < -0.39 is 11.5 Å². The van der Waals surface area contributed by atoms with Gasteiger partial charge >= 0.3 is 0 Å². The first-order valence-corrected chi connectivity index (χ1v) is 6.98. The van der Waals surface area contributed by atoms with Gasteiger partial charge in [0, 0.05) is 23.5 Å². The van der Waals surface area contributed by atoms with Gasteiger partial charge < -0.3 is 19.8 Å². The first-order chi connectivity index (χ1) is 10.2. The SMILES string of the molecule is Cc1cc(=O)c(C(=O)NCC(C)(O)c2cc(C)oc2C)c[nH]1. The molecule has 0 radical (unpaired) electrons. The zero-order valence-corrected chi connectivity index (χ0v) is 13.1. The molecule has 6 nitrogen and oxygen atoms in total. The highest BCUT2D eigenvalue weighted by atomic mass is 16.3. The number of aromatic nitrogens is 1. The fourth-order valence-electron chi connectivity index (χ4n) is 2.36. The Balaban J connectivity index is 2.13. The molecule has 22 heavy (non-hydrogen) atoms. The molecule has 0 saturated carbocycles. The second-order valence-electron chi connectivity index (χ2n) is 5.68. The van der Waals surface area contributed by atoms with Gasteiger partial charge in [0.1, 0.15) is 22.7 Å². The molecule has 0 fully saturated rings. The summed E-state index contributed by atoms with van der Waals surface area (Å²) in [6.45, 7) is 6.83. The van der Waals surface area contributed by atoms with Crippen molar-refractivity contribution in [3.05, 3.63) is 56.9 Å². The van der Waals surface area contributed by atoms with Gasteiger partial charge in [-0.2, -0.15) is 0 Å². The van der Waals surface area contributed by atoms with Gasteiger partial charge in [-0.05, 0) is 33.8 Å². The molecule has 118 valence electrons. The Labute approximate surface area is 128 Å². The van der Waals surface area contributed by atoms with E-state index in [1.54, 1.807) is 33.8 Å². The Morgan fingerprint density at radius 2 is 2.05 bits per heavy atom. The van der Waals surface area contributed by atoms with Gasteiger partial charge in [0.15, 0.2) is 5.43 Å². The number of carbonyl (C=O) groups excluding carboxylic acids is 1. The van der Waals surface area contributed by atoms with Crippen LogP contribution in [0.2, 0.25) is 0 Å². The van der Waals surface area contributed by atoms with Gasteiger partial charge in [-0.1, -0.05) is 0 Å². The lowest BCUT2D eigenvalue weighted by Gasteiger charge is -2.23. The van der Waals surface area contributed by atoms with Crippen molar-refractivity contribution in [3.63, 3.8) is 0 Å². The lowest BCUT2D eigenvalue weighted by molar-refractivity contribution is 0.0513. The minimum Gasteiger partial charge on any atom is -0.466 e. The Morgan fingerprint density at radius 1 is 1.36 bits per heavy atom. The Bertz CT molecular complexity index is 756. The number of pyridine rings is 1. The van der Waals surface area contributed by atoms with E-state index in [4.69, 9.17) is 4.42 Å². The quantitative estimate of drug-likeness (QED) is 0.798. The summed E-state index contributed by atoms with van der Waals surface area (Å²) in [5, 5.41) is 13.1. The van der Waals surface area contributed by atoms with E-state index in [0.29, 0.717) is 22.8 Å². The Kier molecular flexibility index (Phi) is 4.23. The highest BCUT2D eigenvalue weighted by Gasteiger charge is 2.28. The van der Waals surface area contributed by atoms with Crippen molar-refractivity contribution in [3.8, 4) is 0 Å². The van der Waals surface area contributed by atoms with Gasteiger partial charge in [-0.3, -0.25) is 9.59 Å². The number of rotatable bonds is 4. The van der Waals surface area contributed by atoms with Crippen LogP contribution in [0.15, 0.2) is 27.5 Å². The van der Waals surface area contributed by atoms with Crippen molar-refractivity contribution in [2.24, 2.45) is 0 Å². The van der Waals surface area contributed by atoms with Crippen LogP contribution in [0, 0.1) is 20.8 Å². The van der Waals surface area contributed by atoms with E-state index in [1.807, 2.05) is 0 Å². The minimum absolute atomic E-state index is 0.0153. The largest absolute Gasteiger partial charge is 0.466 e. The number of H-pyrrole nitrogens is 1. The van der Waals surface area contributed by atoms with Crippen LogP contribution in [0.3, 0.4) is 0 Å². The van der Waals surface area contributed by atoms with E-state index in [1.165, 1.54) is 12.3 Å². The molecule has 1 amide bonds. The number of aromatic amines is 1. The van der Waals surface area contributed by atoms with Crippen molar-refractivity contribution >= 4 is 5.91 Å². The predicted molar refractivity (Wildman–Crippen MR) is 81.9 cm³/mol. The third-order valence-electron chi connectivity index (χ3n) is 3.52. The molecule has 0 saturated heterocycles. The predicted octanol–water partition coefficient (Wildman–Crippen LogP) is 1.53. The van der Waals surface area contributed by atoms with Gasteiger partial charge in [-0.15, -0.1) is 0 Å². The van der Waals surface area contributed by atoms with Crippen LogP contribution in [0.25, 0.3) is 0 Å². The lowest BCUT2D eigenvalue weighted by Crippen LogP contribution is -2.40. The number of hydrogen-bond acceptors (Lipinski definition) is 4. The fourth-order valence-corrected chi connectivity index (χ4v) is 2.36. The summed E-state index contributed by atoms with van der Waals surface area (Å²) in [5.74, 6) is 0.762. The molecule has 1 unspecified atom stereocenters. The van der Waals surface area contributed by atoms with Crippen molar-refractivity contribution in [1.82, 2.24) is 10.3 Å². The molecule has 0 aliphatic heterocycles. The van der Waals surface area contributed by atoms with Gasteiger partial charge in [-0.25, -0.2) is 0 Å². The molecule has 3 N–H and O–H groups in total. The molecule has 1 atom stereocenters. The van der Waals surface area contributed by atoms with Gasteiger partial charge in [0.2, 0.25) is 0 Å². The maximum Gasteiger partial charge on any atom is 0.256 e. The molecule has 2 heterocycles. The molecule has 0 bridgehead atoms. The van der Waals surface area contributed by atoms with Crippen LogP contribution in [0.4, 0.5) is 0 Å². The topological polar surface area (TPSA) is 95.3 Å². The molecule has 6 heteroatoms. The average molecular weight is 304 g/mol. The van der Waals surface area contributed by atoms with Crippen LogP contribution in [0.1, 0.15) is 40.1 Å². The van der Waals surface area contributed by atoms with Crippen LogP contribution in [-0.4, -0.2) is 22.5 Å². The molecule has 2 rings (SSSR count). The van der Waals surface area contributed by atoms with Gasteiger partial charge in [0.05, 0.1) is 6.54 Å². The third kappa shape index (κ3) is 3.28. The van der Waals surface area contributed by atoms with E-state index in [9.17, 15) is 14.7 Å². The molecule has 2 aromatic heterocycles. The summed E-state index contributed by atoms with van der Waals surface area (Å²) >= 11 is 0. The molecule has 0 spiro atoms. The minimum atomic E-state index is -1.28. The normalized spacial score (nSPS) is 13.7. The molecule has 2 aromatic rings. The summed E-state index contributed by atoms with van der Waals surface area (Å²) < 4.78 is 5.40. The van der Waals surface area contributed by atoms with Crippen LogP contribution >= 0.6 is 0 Å². The maximum absolute atomic E-state index is 12.1. The summed E-state index contributed by atoms with van der Waals surface area (Å²) in [7, 11) is 0. The van der Waals surface area contributed by atoms with E-state index in [2.05, 4.69) is 10.3 Å². The lowest BCUT2D eigenvalue weighted by atomic mass is 9.96. The summed E-state index contributed by atoms with van der Waals surface area (Å²) in [6.07, 6.45) is 1.37. The number of hydrogen-bond donors (Lipinski definition) is 3. The van der Waals surface area contributed by atoms with Crippen molar-refractivity contribution in [1.29, 1.82) is 0 Å². The summed E-state index contributed by atoms with van der Waals surface area (Å²) in [4.78, 5) is 26.7. The van der Waals surface area contributed by atoms with Crippen molar-refractivity contribution in [2.45, 2.75) is 33.3 Å². The van der Waals surface area contributed by atoms with Crippen molar-refractivity contribution in [2.75, 3.05) is 6.54 Å². The summed E-state index contributed by atoms with van der Waals surface area (Å²) in [6, 6.07) is 3.09. The third-order valence-corrected chi connectivity index (χ3v) is 3.52. The zero-order valence-electron chi connectivity index (χ0n) is 13.1. The number of nitrogens with one attached hydrogen (secondary N) is 2. The number of amides is 1. The second-order valence-corrected chi connectivity index (χ2v) is 5.68. The molecule has 0 aliphatic carbocycles. The van der Waals surface area contributed by atoms with Crippen LogP contribution < -0.4 is 10.7 Å². The number of aliphatic hydroxyl groups is 1. The average Bonchev–Trinajstić information content (AvgIpc) is 2.76. The second kappa shape index (κ2) is 5.81. The molecular weight excluding hydrogens is 284 g/mol. The molecular formula is C16H20N2O4. The highest BCUT2D eigenvalue weighted by molar-refractivity contribution is 5.93. The van der Waals surface area contributed by atoms with Crippen LogP contribution in [-0.2, 0) is 5.60 Å². The smallest absolute Gasteiger partial charge is 0.256 e. The Morgan fingerprint density at radius 3 is 2.59 bits per heavy atom. The monoisotopic (exact) mass is 304 g/mol. The number of aryl methyl sites for hydroxylation is 3. The Hall–Kier alpha value is -2.34. The molecule has 0 aliphatic rings. The highest BCUT2D eigenvalue weighted by Crippen LogP contribution is 2.26. The maximum atomic E-state index is 12.1. The molecule has 0 aromatic carbocycles. The van der Waals surface area contributed by atoms with E-state index >= 15 is 0 Å². The van der Waals surface area contributed by atoms with Crippen LogP contribution in [0.5, 0.6) is 0 Å². The fraction of sp³-hybridized carbons (Fsp3) is 0.375. The number of furan rings is 1. The van der Waals surface area contributed by atoms with E-state index in [-0.39, 0.29) is 17.5 Å². The number of carbonyl (C=O) groups is 1. The first kappa shape index (κ1) is 16.0. The van der Waals surface area contributed by atoms with Crippen molar-refractivity contribution < 1.29 is 14.3 Å². The van der Waals surface area contributed by atoms with E-state index in [0.717, 1.165) is 0 Å². The standard InChI is InChI=1S/C16H20N2O4/c1-9-5-14(19)12(7-17-9)15(20)18-8-16(4,21)13-6-10(2)22-11(13)3/h5-7,21H,8H2,1-4H3,(H,17,19)(H,18,20). The first-order valence-electron chi connectivity index (χ1n) is 6.98. The van der Waals surface area contributed by atoms with Gasteiger partial charge in [0.25, 0.3) is 5.91 Å².